The van der Waals surface area contributed by atoms with Crippen LogP contribution < -0.4 is 5.73 Å². The van der Waals surface area contributed by atoms with Gasteiger partial charge in [0.05, 0.1) is 48.4 Å². The van der Waals surface area contributed by atoms with Crippen LogP contribution in [0.3, 0.4) is 0 Å². The van der Waals surface area contributed by atoms with Crippen LogP contribution in [0.2, 0.25) is 0 Å². The highest BCUT2D eigenvalue weighted by Gasteiger charge is 2.14. The summed E-state index contributed by atoms with van der Waals surface area (Å²) in [6.45, 7) is 1.11. The van der Waals surface area contributed by atoms with Crippen molar-refractivity contribution in [2.24, 2.45) is 0 Å². The first-order valence-electron chi connectivity index (χ1n) is 6.77. The summed E-state index contributed by atoms with van der Waals surface area (Å²) in [5.41, 5.74) is 8.01. The maximum absolute atomic E-state index is 11.7. The minimum absolute atomic E-state index is 0.394. The Morgan fingerprint density at radius 3 is 2.86 bits per heavy atom. The van der Waals surface area contributed by atoms with Crippen molar-refractivity contribution < 1.29 is 14.3 Å². The highest BCUT2D eigenvalue weighted by Crippen LogP contribution is 2.28. The molecule has 3 rings (SSSR count). The largest absolute Gasteiger partial charge is 0.465 e. The molecule has 0 aliphatic heterocycles. The first kappa shape index (κ1) is 14.3. The van der Waals surface area contributed by atoms with Gasteiger partial charge in [-0.3, -0.25) is 4.68 Å². The number of carbonyl (C=O) groups excluding carboxylic acids is 1. The van der Waals surface area contributed by atoms with Gasteiger partial charge in [0.15, 0.2) is 0 Å². The summed E-state index contributed by atoms with van der Waals surface area (Å²) >= 11 is 0. The van der Waals surface area contributed by atoms with Crippen LogP contribution in [-0.4, -0.2) is 41.6 Å². The Morgan fingerprint density at radius 2 is 2.14 bits per heavy atom. The van der Waals surface area contributed by atoms with Gasteiger partial charge in [-0.1, -0.05) is 0 Å². The van der Waals surface area contributed by atoms with E-state index in [9.17, 15) is 4.79 Å². The Balaban J connectivity index is 2.29. The van der Waals surface area contributed by atoms with Gasteiger partial charge in [-0.05, 0) is 18.2 Å². The van der Waals surface area contributed by atoms with E-state index in [1.54, 1.807) is 36.2 Å². The van der Waals surface area contributed by atoms with Crippen LogP contribution in [0, 0.1) is 0 Å². The summed E-state index contributed by atoms with van der Waals surface area (Å²) in [7, 11) is 2.99. The van der Waals surface area contributed by atoms with Gasteiger partial charge in [0, 0.05) is 12.5 Å². The van der Waals surface area contributed by atoms with Crippen LogP contribution in [0.15, 0.2) is 24.4 Å². The number of ether oxygens (including phenoxy) is 2. The lowest BCUT2D eigenvalue weighted by molar-refractivity contribution is 0.0601. The predicted molar refractivity (Wildman–Crippen MR) is 82.7 cm³/mol. The van der Waals surface area contributed by atoms with E-state index in [4.69, 9.17) is 15.2 Å². The van der Waals surface area contributed by atoms with Crippen molar-refractivity contribution in [2.45, 2.75) is 6.54 Å². The van der Waals surface area contributed by atoms with Crippen LogP contribution in [0.1, 0.15) is 10.4 Å². The van der Waals surface area contributed by atoms with E-state index in [0.29, 0.717) is 30.0 Å². The molecule has 0 bridgehead atoms. The van der Waals surface area contributed by atoms with Gasteiger partial charge in [-0.2, -0.15) is 5.10 Å². The van der Waals surface area contributed by atoms with Gasteiger partial charge < -0.3 is 15.2 Å². The van der Waals surface area contributed by atoms with Gasteiger partial charge in [0.2, 0.25) is 0 Å². The number of nitrogens with zero attached hydrogens (tertiary/aromatic N) is 3. The van der Waals surface area contributed by atoms with Crippen LogP contribution in [0.4, 0.5) is 5.82 Å². The SMILES string of the molecule is COCCn1ncc2c(N)nc3ccc(C(=O)OC)cc3c21. The lowest BCUT2D eigenvalue weighted by Gasteiger charge is -2.08. The molecule has 0 amide bonds. The molecule has 3 aromatic rings. The standard InChI is InChI=1S/C15H16N4O3/c1-21-6-5-19-13-10-7-9(15(20)22-2)3-4-12(10)18-14(16)11(13)8-17-19/h3-4,7-8H,5-6H2,1-2H3,(H2,16,18). The van der Waals surface area contributed by atoms with Crippen molar-refractivity contribution in [3.05, 3.63) is 30.0 Å². The summed E-state index contributed by atoms with van der Waals surface area (Å²) in [4.78, 5) is 16.1. The smallest absolute Gasteiger partial charge is 0.337 e. The fraction of sp³-hybridized carbons (Fsp3) is 0.267. The maximum Gasteiger partial charge on any atom is 0.337 e. The van der Waals surface area contributed by atoms with E-state index in [2.05, 4.69) is 10.1 Å². The monoisotopic (exact) mass is 300 g/mol. The number of hydrogen-bond acceptors (Lipinski definition) is 6. The second kappa shape index (κ2) is 5.61. The van der Waals surface area contributed by atoms with Crippen molar-refractivity contribution in [1.82, 2.24) is 14.8 Å². The fourth-order valence-corrected chi connectivity index (χ4v) is 2.46. The van der Waals surface area contributed by atoms with Crippen LogP contribution in [0.5, 0.6) is 0 Å². The highest BCUT2D eigenvalue weighted by molar-refractivity contribution is 6.09. The summed E-state index contributed by atoms with van der Waals surface area (Å²) in [5, 5.41) is 5.90. The van der Waals surface area contributed by atoms with E-state index in [-0.39, 0.29) is 0 Å². The number of esters is 1. The second-order valence-electron chi connectivity index (χ2n) is 4.84. The van der Waals surface area contributed by atoms with Crippen LogP contribution in [0.25, 0.3) is 21.8 Å². The fourth-order valence-electron chi connectivity index (χ4n) is 2.46. The molecule has 22 heavy (non-hydrogen) atoms. The molecule has 2 N–H and O–H groups in total. The number of methoxy groups -OCH3 is 2. The number of carbonyl (C=O) groups is 1. The van der Waals surface area contributed by atoms with Crippen molar-refractivity contribution in [3.8, 4) is 0 Å². The zero-order valence-corrected chi connectivity index (χ0v) is 12.4. The number of fused-ring (bicyclic) bond motifs is 3. The number of nitrogen functional groups attached to an aromatic ring is 1. The Labute approximate surface area is 126 Å². The van der Waals surface area contributed by atoms with Gasteiger partial charge in [0.1, 0.15) is 5.82 Å². The molecule has 114 valence electrons. The average molecular weight is 300 g/mol. The molecule has 1 aromatic carbocycles. The summed E-state index contributed by atoms with van der Waals surface area (Å²) < 4.78 is 11.7. The number of anilines is 1. The molecule has 0 atom stereocenters. The lowest BCUT2D eigenvalue weighted by atomic mass is 10.1. The molecule has 0 unspecified atom stereocenters. The Hall–Kier alpha value is -2.67. The molecule has 7 heteroatoms. The number of hydrogen-bond donors (Lipinski definition) is 1. The van der Waals surface area contributed by atoms with Crippen molar-refractivity contribution >= 4 is 33.6 Å². The number of rotatable bonds is 4. The Morgan fingerprint density at radius 1 is 1.32 bits per heavy atom. The minimum atomic E-state index is -0.394. The summed E-state index contributed by atoms with van der Waals surface area (Å²) in [6, 6.07) is 5.17. The third-order valence-electron chi connectivity index (χ3n) is 3.54. The number of benzene rings is 1. The molecule has 0 fully saturated rings. The van der Waals surface area contributed by atoms with E-state index >= 15 is 0 Å². The molecular formula is C15H16N4O3. The molecule has 2 aromatic heterocycles. The Bertz CT molecular complexity index is 857. The molecule has 7 nitrogen and oxygen atoms in total. The van der Waals surface area contributed by atoms with Crippen LogP contribution in [-0.2, 0) is 16.0 Å². The average Bonchev–Trinajstić information content (AvgIpc) is 2.97. The summed E-state index contributed by atoms with van der Waals surface area (Å²) in [6.07, 6.45) is 1.68. The normalized spacial score (nSPS) is 11.2. The zero-order valence-electron chi connectivity index (χ0n) is 12.4. The molecule has 2 heterocycles. The van der Waals surface area contributed by atoms with Crippen molar-refractivity contribution in [2.75, 3.05) is 26.6 Å². The molecule has 0 aliphatic rings. The number of pyridine rings is 1. The van der Waals surface area contributed by atoms with E-state index in [1.807, 2.05) is 0 Å². The lowest BCUT2D eigenvalue weighted by Crippen LogP contribution is -2.07. The molecule has 0 saturated carbocycles. The maximum atomic E-state index is 11.7. The third kappa shape index (κ3) is 2.25. The molecule has 0 saturated heterocycles. The zero-order chi connectivity index (χ0) is 15.7. The number of aromatic nitrogens is 3. The third-order valence-corrected chi connectivity index (χ3v) is 3.54. The van der Waals surface area contributed by atoms with E-state index in [0.717, 1.165) is 16.3 Å². The quantitative estimate of drug-likeness (QED) is 0.736. The van der Waals surface area contributed by atoms with E-state index in [1.165, 1.54) is 7.11 Å². The first-order valence-corrected chi connectivity index (χ1v) is 6.77. The van der Waals surface area contributed by atoms with Crippen LogP contribution >= 0.6 is 0 Å². The molecular weight excluding hydrogens is 284 g/mol. The van der Waals surface area contributed by atoms with Gasteiger partial charge in [0.25, 0.3) is 0 Å². The van der Waals surface area contributed by atoms with Gasteiger partial charge in [-0.15, -0.1) is 0 Å². The second-order valence-corrected chi connectivity index (χ2v) is 4.84. The minimum Gasteiger partial charge on any atom is -0.465 e. The van der Waals surface area contributed by atoms with Gasteiger partial charge in [-0.25, -0.2) is 9.78 Å². The van der Waals surface area contributed by atoms with E-state index < -0.39 is 5.97 Å². The molecule has 0 aliphatic carbocycles. The highest BCUT2D eigenvalue weighted by atomic mass is 16.5. The first-order chi connectivity index (χ1) is 10.7. The van der Waals surface area contributed by atoms with Crippen molar-refractivity contribution in [3.63, 3.8) is 0 Å². The molecule has 0 radical (unpaired) electrons. The summed E-state index contributed by atoms with van der Waals surface area (Å²) in [5.74, 6) is 0.0202. The Kier molecular flexibility index (Phi) is 3.64. The van der Waals surface area contributed by atoms with Gasteiger partial charge >= 0.3 is 5.97 Å². The molecule has 0 spiro atoms. The predicted octanol–water partition coefficient (Wildman–Crippen LogP) is 1.60. The number of nitrogens with two attached hydrogens (primary N) is 1. The van der Waals surface area contributed by atoms with Crippen molar-refractivity contribution in [1.29, 1.82) is 0 Å². The topological polar surface area (TPSA) is 92.3 Å².